The number of nitrogens with zero attached hydrogens (tertiary/aromatic N) is 1. The summed E-state index contributed by atoms with van der Waals surface area (Å²) in [5.74, 6) is -1.27. The van der Waals surface area contributed by atoms with Crippen molar-refractivity contribution in [3.05, 3.63) is 46.6 Å². The van der Waals surface area contributed by atoms with Gasteiger partial charge in [0.05, 0.1) is 16.4 Å². The molecule has 0 aliphatic heterocycles. The molecule has 0 saturated heterocycles. The van der Waals surface area contributed by atoms with Crippen LogP contribution in [0.3, 0.4) is 0 Å². The molecule has 0 amide bonds. The number of aryl methyl sites for hydroxylation is 1. The predicted octanol–water partition coefficient (Wildman–Crippen LogP) is 3.65. The minimum Gasteiger partial charge on any atom is -0.396 e. The third-order valence-corrected chi connectivity index (χ3v) is 2.76. The van der Waals surface area contributed by atoms with Crippen molar-refractivity contribution in [3.63, 3.8) is 0 Å². The molecule has 0 radical (unpaired) electrons. The van der Waals surface area contributed by atoms with Gasteiger partial charge in [-0.1, -0.05) is 11.6 Å². The number of nitrogens with two attached hydrogens (primary N) is 1. The summed E-state index contributed by atoms with van der Waals surface area (Å²) in [6.07, 6.45) is 1.53. The van der Waals surface area contributed by atoms with Gasteiger partial charge in [-0.05, 0) is 24.6 Å². The second-order valence-electron chi connectivity index (χ2n) is 3.76. The molecule has 0 atom stereocenters. The van der Waals surface area contributed by atoms with Crippen molar-refractivity contribution in [2.24, 2.45) is 0 Å². The molecule has 6 heteroatoms. The van der Waals surface area contributed by atoms with Crippen LogP contribution in [-0.2, 0) is 0 Å². The van der Waals surface area contributed by atoms with E-state index in [1.165, 1.54) is 6.20 Å². The van der Waals surface area contributed by atoms with Crippen LogP contribution in [0.2, 0.25) is 5.02 Å². The van der Waals surface area contributed by atoms with Gasteiger partial charge in [-0.2, -0.15) is 0 Å². The molecule has 1 aromatic heterocycles. The zero-order valence-corrected chi connectivity index (χ0v) is 10.2. The van der Waals surface area contributed by atoms with Crippen LogP contribution in [-0.4, -0.2) is 4.98 Å². The minimum atomic E-state index is -0.803. The largest absolute Gasteiger partial charge is 0.396 e. The van der Waals surface area contributed by atoms with Gasteiger partial charge in [0.25, 0.3) is 0 Å². The van der Waals surface area contributed by atoms with Gasteiger partial charge >= 0.3 is 0 Å². The Bertz CT molecular complexity index is 579. The molecule has 2 rings (SSSR count). The van der Waals surface area contributed by atoms with Crippen LogP contribution < -0.4 is 11.1 Å². The molecule has 94 valence electrons. The van der Waals surface area contributed by atoms with Gasteiger partial charge in [-0.3, -0.25) is 0 Å². The molecule has 0 unspecified atom stereocenters. The van der Waals surface area contributed by atoms with Crippen LogP contribution in [0.15, 0.2) is 24.4 Å². The molecule has 3 N–H and O–H groups in total. The molecule has 0 spiro atoms. The van der Waals surface area contributed by atoms with Crippen molar-refractivity contribution in [2.75, 3.05) is 11.1 Å². The first kappa shape index (κ1) is 12.6. The lowest BCUT2D eigenvalue weighted by Crippen LogP contribution is -2.03. The third kappa shape index (κ3) is 2.36. The first-order valence-electron chi connectivity index (χ1n) is 5.11. The Morgan fingerprint density at radius 3 is 2.72 bits per heavy atom. The quantitative estimate of drug-likeness (QED) is 0.875. The summed E-state index contributed by atoms with van der Waals surface area (Å²) < 4.78 is 26.5. The maximum atomic E-state index is 13.6. The summed E-state index contributed by atoms with van der Waals surface area (Å²) in [6, 6.07) is 3.47. The maximum absolute atomic E-state index is 13.6. The second kappa shape index (κ2) is 4.78. The number of nitrogens with one attached hydrogen (secondary N) is 1. The Balaban J connectivity index is 2.43. The first-order chi connectivity index (χ1) is 8.49. The van der Waals surface area contributed by atoms with Gasteiger partial charge in [0.1, 0.15) is 5.82 Å². The van der Waals surface area contributed by atoms with E-state index in [-0.39, 0.29) is 16.5 Å². The Labute approximate surface area is 108 Å². The lowest BCUT2D eigenvalue weighted by Gasteiger charge is -2.12. The Morgan fingerprint density at radius 1 is 1.33 bits per heavy atom. The van der Waals surface area contributed by atoms with Crippen LogP contribution in [0.25, 0.3) is 0 Å². The number of rotatable bonds is 2. The highest BCUT2D eigenvalue weighted by Crippen LogP contribution is 2.31. The SMILES string of the molecule is Cc1ccnc(Nc2c(F)cc(F)cc2Cl)c1N. The normalized spacial score (nSPS) is 10.4. The highest BCUT2D eigenvalue weighted by molar-refractivity contribution is 6.33. The molecule has 0 aliphatic rings. The van der Waals surface area contributed by atoms with E-state index in [0.29, 0.717) is 5.69 Å². The Kier molecular flexibility index (Phi) is 3.34. The molecular weight excluding hydrogens is 260 g/mol. The predicted molar refractivity (Wildman–Crippen MR) is 68.0 cm³/mol. The Hall–Kier alpha value is -1.88. The van der Waals surface area contributed by atoms with Crippen molar-refractivity contribution in [2.45, 2.75) is 6.92 Å². The lowest BCUT2D eigenvalue weighted by atomic mass is 10.2. The van der Waals surface area contributed by atoms with Crippen molar-refractivity contribution in [3.8, 4) is 0 Å². The smallest absolute Gasteiger partial charge is 0.153 e. The zero-order chi connectivity index (χ0) is 13.3. The zero-order valence-electron chi connectivity index (χ0n) is 9.47. The van der Waals surface area contributed by atoms with Gasteiger partial charge in [-0.25, -0.2) is 13.8 Å². The average molecular weight is 270 g/mol. The molecule has 0 saturated carbocycles. The molecule has 0 fully saturated rings. The fourth-order valence-corrected chi connectivity index (χ4v) is 1.69. The van der Waals surface area contributed by atoms with Crippen molar-refractivity contribution in [1.29, 1.82) is 0 Å². The number of hydrogen-bond acceptors (Lipinski definition) is 3. The Morgan fingerprint density at radius 2 is 2.06 bits per heavy atom. The fourth-order valence-electron chi connectivity index (χ4n) is 1.45. The maximum Gasteiger partial charge on any atom is 0.153 e. The van der Waals surface area contributed by atoms with Gasteiger partial charge in [0.2, 0.25) is 0 Å². The topological polar surface area (TPSA) is 50.9 Å². The molecule has 0 aliphatic carbocycles. The molecule has 2 aromatic rings. The molecule has 18 heavy (non-hydrogen) atoms. The number of anilines is 3. The van der Waals surface area contributed by atoms with E-state index >= 15 is 0 Å². The highest BCUT2D eigenvalue weighted by Gasteiger charge is 2.12. The molecule has 1 aromatic carbocycles. The summed E-state index contributed by atoms with van der Waals surface area (Å²) >= 11 is 5.77. The lowest BCUT2D eigenvalue weighted by molar-refractivity contribution is 0.586. The van der Waals surface area contributed by atoms with Crippen LogP contribution in [0, 0.1) is 18.6 Å². The number of aromatic nitrogens is 1. The van der Waals surface area contributed by atoms with E-state index in [9.17, 15) is 8.78 Å². The molecule has 3 nitrogen and oxygen atoms in total. The molecule has 1 heterocycles. The first-order valence-corrected chi connectivity index (χ1v) is 5.49. The van der Waals surface area contributed by atoms with Crippen LogP contribution in [0.4, 0.5) is 26.0 Å². The summed E-state index contributed by atoms with van der Waals surface area (Å²) in [7, 11) is 0. The van der Waals surface area contributed by atoms with Gasteiger partial charge in [0, 0.05) is 12.3 Å². The summed E-state index contributed by atoms with van der Waals surface area (Å²) in [5.41, 5.74) is 6.93. The highest BCUT2D eigenvalue weighted by atomic mass is 35.5. The number of halogens is 3. The van der Waals surface area contributed by atoms with E-state index in [1.807, 2.05) is 0 Å². The number of hydrogen-bond donors (Lipinski definition) is 2. The summed E-state index contributed by atoms with van der Waals surface area (Å²) in [6.45, 7) is 1.80. The number of benzene rings is 1. The summed E-state index contributed by atoms with van der Waals surface area (Å²) in [4.78, 5) is 3.98. The van der Waals surface area contributed by atoms with Crippen LogP contribution in [0.5, 0.6) is 0 Å². The third-order valence-electron chi connectivity index (χ3n) is 2.46. The van der Waals surface area contributed by atoms with Gasteiger partial charge in [-0.15, -0.1) is 0 Å². The van der Waals surface area contributed by atoms with E-state index in [2.05, 4.69) is 10.3 Å². The van der Waals surface area contributed by atoms with Crippen molar-refractivity contribution < 1.29 is 8.78 Å². The van der Waals surface area contributed by atoms with E-state index in [0.717, 1.165) is 17.7 Å². The van der Waals surface area contributed by atoms with Crippen molar-refractivity contribution in [1.82, 2.24) is 4.98 Å². The molecule has 0 bridgehead atoms. The number of nitrogen functional groups attached to an aromatic ring is 1. The second-order valence-corrected chi connectivity index (χ2v) is 4.17. The standard InChI is InChI=1S/C12H10ClF2N3/c1-6-2-3-17-12(10(6)16)18-11-8(13)4-7(14)5-9(11)15/h2-5H,16H2,1H3,(H,17,18). The van der Waals surface area contributed by atoms with Gasteiger partial charge in [0.15, 0.2) is 11.6 Å². The van der Waals surface area contributed by atoms with E-state index < -0.39 is 11.6 Å². The molecular formula is C12H10ClF2N3. The fraction of sp³-hybridized carbons (Fsp3) is 0.0833. The number of pyridine rings is 1. The van der Waals surface area contributed by atoms with Crippen molar-refractivity contribution >= 4 is 28.8 Å². The monoisotopic (exact) mass is 269 g/mol. The van der Waals surface area contributed by atoms with E-state index in [1.54, 1.807) is 13.0 Å². The van der Waals surface area contributed by atoms with E-state index in [4.69, 9.17) is 17.3 Å². The minimum absolute atomic E-state index is 0.0529. The average Bonchev–Trinajstić information content (AvgIpc) is 2.28. The van der Waals surface area contributed by atoms with Gasteiger partial charge < -0.3 is 11.1 Å². The summed E-state index contributed by atoms with van der Waals surface area (Å²) in [5, 5.41) is 2.59. The van der Waals surface area contributed by atoms with Crippen LogP contribution >= 0.6 is 11.6 Å². The van der Waals surface area contributed by atoms with Crippen LogP contribution in [0.1, 0.15) is 5.56 Å².